The minimum atomic E-state index is -3.61. The molecule has 0 fully saturated rings. The zero-order valence-electron chi connectivity index (χ0n) is 17.4. The van der Waals surface area contributed by atoms with E-state index in [-0.39, 0.29) is 23.8 Å². The van der Waals surface area contributed by atoms with Crippen molar-refractivity contribution in [2.75, 3.05) is 13.2 Å². The van der Waals surface area contributed by atoms with Gasteiger partial charge in [0.15, 0.2) is 0 Å². The van der Waals surface area contributed by atoms with Gasteiger partial charge in [0.2, 0.25) is 15.9 Å². The molecule has 0 spiro atoms. The molecule has 0 bridgehead atoms. The van der Waals surface area contributed by atoms with Crippen molar-refractivity contribution in [3.8, 4) is 0 Å². The maximum Gasteiger partial charge on any atom is 0.240 e. The number of benzene rings is 2. The summed E-state index contributed by atoms with van der Waals surface area (Å²) in [4.78, 5) is 12.3. The first-order valence-electron chi connectivity index (χ1n) is 10.5. The van der Waals surface area contributed by atoms with Crippen LogP contribution < -0.4 is 10.0 Å². The predicted octanol–water partition coefficient (Wildman–Crippen LogP) is 3.09. The zero-order valence-corrected chi connectivity index (χ0v) is 18.3. The quantitative estimate of drug-likeness (QED) is 0.607. The Morgan fingerprint density at radius 1 is 1.00 bits per heavy atom. The van der Waals surface area contributed by atoms with Crippen molar-refractivity contribution in [3.05, 3.63) is 64.7 Å². The molecule has 0 unspecified atom stereocenters. The predicted molar refractivity (Wildman–Crippen MR) is 117 cm³/mol. The molecule has 0 saturated heterocycles. The number of sulfonamides is 1. The Balaban J connectivity index is 1.43. The standard InChI is InChI=1S/C23H30N2O4S/c1-2-29-17-19-9-7-18(8-10-19)16-24-23(26)13-14-25-30(27,28)22-12-11-20-5-3-4-6-21(20)15-22/h7-12,15,25H,2-6,13-14,16-17H2,1H3,(H,24,26). The minimum Gasteiger partial charge on any atom is -0.377 e. The van der Waals surface area contributed by atoms with Crippen LogP contribution in [0, 0.1) is 0 Å². The number of hydrogen-bond acceptors (Lipinski definition) is 4. The average Bonchev–Trinajstić information content (AvgIpc) is 2.76. The number of ether oxygens (including phenoxy) is 1. The van der Waals surface area contributed by atoms with Crippen LogP contribution in [-0.4, -0.2) is 27.5 Å². The van der Waals surface area contributed by atoms with E-state index in [1.807, 2.05) is 37.3 Å². The Hall–Kier alpha value is -2.22. The summed E-state index contributed by atoms with van der Waals surface area (Å²) in [6, 6.07) is 13.2. The molecule has 3 rings (SSSR count). The number of hydrogen-bond donors (Lipinski definition) is 2. The van der Waals surface area contributed by atoms with Gasteiger partial charge in [-0.05, 0) is 67.0 Å². The van der Waals surface area contributed by atoms with Crippen LogP contribution in [0.5, 0.6) is 0 Å². The fourth-order valence-corrected chi connectivity index (χ4v) is 4.60. The second-order valence-corrected chi connectivity index (χ2v) is 9.28. The lowest BCUT2D eigenvalue weighted by atomic mass is 9.92. The molecule has 0 radical (unpaired) electrons. The summed E-state index contributed by atoms with van der Waals surface area (Å²) in [5.74, 6) is -0.193. The lowest BCUT2D eigenvalue weighted by molar-refractivity contribution is -0.121. The molecular formula is C23H30N2O4S. The van der Waals surface area contributed by atoms with Gasteiger partial charge in [0.05, 0.1) is 11.5 Å². The summed E-state index contributed by atoms with van der Waals surface area (Å²) in [5.41, 5.74) is 4.43. The number of amides is 1. The first kappa shape index (κ1) is 22.5. The largest absolute Gasteiger partial charge is 0.377 e. The summed E-state index contributed by atoms with van der Waals surface area (Å²) in [7, 11) is -3.61. The van der Waals surface area contributed by atoms with Gasteiger partial charge in [-0.1, -0.05) is 30.3 Å². The third-order valence-electron chi connectivity index (χ3n) is 5.26. The molecule has 6 nitrogen and oxygen atoms in total. The van der Waals surface area contributed by atoms with Gasteiger partial charge in [0.25, 0.3) is 0 Å². The van der Waals surface area contributed by atoms with E-state index in [9.17, 15) is 13.2 Å². The molecular weight excluding hydrogens is 400 g/mol. The monoisotopic (exact) mass is 430 g/mol. The number of fused-ring (bicyclic) bond motifs is 1. The summed E-state index contributed by atoms with van der Waals surface area (Å²) >= 11 is 0. The summed E-state index contributed by atoms with van der Waals surface area (Å²) < 4.78 is 33.0. The van der Waals surface area contributed by atoms with Gasteiger partial charge < -0.3 is 10.1 Å². The third-order valence-corrected chi connectivity index (χ3v) is 6.72. The molecule has 0 aromatic heterocycles. The van der Waals surface area contributed by atoms with Gasteiger partial charge in [-0.2, -0.15) is 0 Å². The van der Waals surface area contributed by atoms with E-state index >= 15 is 0 Å². The van der Waals surface area contributed by atoms with E-state index in [4.69, 9.17) is 4.74 Å². The van der Waals surface area contributed by atoms with Gasteiger partial charge >= 0.3 is 0 Å². The van der Waals surface area contributed by atoms with E-state index in [0.717, 1.165) is 42.4 Å². The molecule has 2 aromatic carbocycles. The molecule has 30 heavy (non-hydrogen) atoms. The average molecular weight is 431 g/mol. The lowest BCUT2D eigenvalue weighted by Gasteiger charge is -2.16. The van der Waals surface area contributed by atoms with Crippen molar-refractivity contribution < 1.29 is 17.9 Å². The van der Waals surface area contributed by atoms with E-state index in [2.05, 4.69) is 10.0 Å². The first-order chi connectivity index (χ1) is 14.5. The van der Waals surface area contributed by atoms with Gasteiger partial charge in [0, 0.05) is 26.1 Å². The van der Waals surface area contributed by atoms with Crippen LogP contribution in [0.1, 0.15) is 48.4 Å². The number of aryl methyl sites for hydroxylation is 2. The molecule has 0 atom stereocenters. The molecule has 1 aliphatic carbocycles. The molecule has 7 heteroatoms. The summed E-state index contributed by atoms with van der Waals surface area (Å²) in [5, 5.41) is 2.82. The third kappa shape index (κ3) is 6.39. The van der Waals surface area contributed by atoms with E-state index in [1.165, 1.54) is 5.56 Å². The van der Waals surface area contributed by atoms with Gasteiger partial charge in [-0.15, -0.1) is 0 Å². The highest BCUT2D eigenvalue weighted by Crippen LogP contribution is 2.24. The Bertz CT molecular complexity index is 956. The van der Waals surface area contributed by atoms with Crippen molar-refractivity contribution in [1.82, 2.24) is 10.0 Å². The van der Waals surface area contributed by atoms with Crippen molar-refractivity contribution >= 4 is 15.9 Å². The van der Waals surface area contributed by atoms with Crippen molar-refractivity contribution in [3.63, 3.8) is 0 Å². The minimum absolute atomic E-state index is 0.0680. The van der Waals surface area contributed by atoms with Crippen molar-refractivity contribution in [2.45, 2.75) is 57.1 Å². The Morgan fingerprint density at radius 3 is 2.43 bits per heavy atom. The smallest absolute Gasteiger partial charge is 0.240 e. The maximum atomic E-state index is 12.5. The van der Waals surface area contributed by atoms with Crippen LogP contribution in [-0.2, 0) is 45.5 Å². The van der Waals surface area contributed by atoms with E-state index in [1.54, 1.807) is 12.1 Å². The van der Waals surface area contributed by atoms with Crippen LogP contribution in [0.25, 0.3) is 0 Å². The maximum absolute atomic E-state index is 12.5. The summed E-state index contributed by atoms with van der Waals surface area (Å²) in [6.07, 6.45) is 4.28. The molecule has 2 N–H and O–H groups in total. The van der Waals surface area contributed by atoms with Gasteiger partial charge in [-0.3, -0.25) is 4.79 Å². The van der Waals surface area contributed by atoms with E-state index in [0.29, 0.717) is 19.8 Å². The van der Waals surface area contributed by atoms with Crippen LogP contribution in [0.2, 0.25) is 0 Å². The normalized spacial score (nSPS) is 13.6. The molecule has 1 amide bonds. The Morgan fingerprint density at radius 2 is 1.70 bits per heavy atom. The fourth-order valence-electron chi connectivity index (χ4n) is 3.52. The first-order valence-corrected chi connectivity index (χ1v) is 12.0. The number of carbonyl (C=O) groups excluding carboxylic acids is 1. The highest BCUT2D eigenvalue weighted by Gasteiger charge is 2.17. The summed E-state index contributed by atoms with van der Waals surface area (Å²) in [6.45, 7) is 3.68. The highest BCUT2D eigenvalue weighted by atomic mass is 32.2. The number of nitrogens with one attached hydrogen (secondary N) is 2. The zero-order chi connectivity index (χ0) is 21.4. The van der Waals surface area contributed by atoms with Gasteiger partial charge in [0.1, 0.15) is 0 Å². The molecule has 162 valence electrons. The topological polar surface area (TPSA) is 84.5 Å². The van der Waals surface area contributed by atoms with Crippen LogP contribution >= 0.6 is 0 Å². The lowest BCUT2D eigenvalue weighted by Crippen LogP contribution is -2.30. The number of rotatable bonds is 10. The second kappa shape index (κ2) is 10.7. The van der Waals surface area contributed by atoms with Crippen molar-refractivity contribution in [2.24, 2.45) is 0 Å². The van der Waals surface area contributed by atoms with Crippen molar-refractivity contribution in [1.29, 1.82) is 0 Å². The molecule has 0 aliphatic heterocycles. The van der Waals surface area contributed by atoms with E-state index < -0.39 is 10.0 Å². The van der Waals surface area contributed by atoms with Crippen LogP contribution in [0.3, 0.4) is 0 Å². The Kier molecular flexibility index (Phi) is 8.01. The molecule has 1 aliphatic rings. The highest BCUT2D eigenvalue weighted by molar-refractivity contribution is 7.89. The fraction of sp³-hybridized carbons (Fsp3) is 0.435. The molecule has 0 saturated carbocycles. The van der Waals surface area contributed by atoms with Gasteiger partial charge in [-0.25, -0.2) is 13.1 Å². The van der Waals surface area contributed by atoms with Crippen LogP contribution in [0.4, 0.5) is 0 Å². The molecule has 0 heterocycles. The Labute approximate surface area is 179 Å². The SMILES string of the molecule is CCOCc1ccc(CNC(=O)CCNS(=O)(=O)c2ccc3c(c2)CCCC3)cc1. The second-order valence-electron chi connectivity index (χ2n) is 7.52. The molecule has 2 aromatic rings. The number of carbonyl (C=O) groups is 1. The van der Waals surface area contributed by atoms with Crippen LogP contribution in [0.15, 0.2) is 47.4 Å².